The molecule has 8 heteroatoms. The number of amides is 1. The van der Waals surface area contributed by atoms with Crippen LogP contribution in [0.15, 0.2) is 36.5 Å². The second-order valence-corrected chi connectivity index (χ2v) is 8.80. The van der Waals surface area contributed by atoms with Crippen LogP contribution in [-0.2, 0) is 4.79 Å². The number of pyridine rings is 1. The van der Waals surface area contributed by atoms with E-state index < -0.39 is 4.75 Å². The number of thioether (sulfide) groups is 1. The fourth-order valence-corrected chi connectivity index (χ4v) is 4.42. The molecule has 3 heterocycles. The first-order valence-electron chi connectivity index (χ1n) is 9.85. The van der Waals surface area contributed by atoms with Gasteiger partial charge >= 0.3 is 0 Å². The molecule has 1 aliphatic carbocycles. The van der Waals surface area contributed by atoms with Crippen LogP contribution < -0.4 is 15.4 Å². The lowest BCUT2D eigenvalue weighted by atomic mass is 10.1. The highest BCUT2D eigenvalue weighted by Crippen LogP contribution is 2.33. The van der Waals surface area contributed by atoms with Crippen LogP contribution >= 0.6 is 11.8 Å². The molecule has 3 N–H and O–H groups in total. The molecule has 2 fully saturated rings. The Balaban J connectivity index is 1.40. The van der Waals surface area contributed by atoms with E-state index in [4.69, 9.17) is 4.74 Å². The van der Waals surface area contributed by atoms with Crippen molar-refractivity contribution in [2.75, 3.05) is 24.7 Å². The Bertz CT molecular complexity index is 1040. The molecule has 0 spiro atoms. The Morgan fingerprint density at radius 3 is 2.90 bits per heavy atom. The number of aromatic amines is 1. The van der Waals surface area contributed by atoms with E-state index in [9.17, 15) is 4.79 Å². The Kier molecular flexibility index (Phi) is 4.67. The molecule has 2 aliphatic rings. The summed E-state index contributed by atoms with van der Waals surface area (Å²) in [6, 6.07) is 9.67. The largest absolute Gasteiger partial charge is 0.474 e. The van der Waals surface area contributed by atoms with Crippen LogP contribution in [-0.4, -0.2) is 51.3 Å². The number of ether oxygens (including phenoxy) is 1. The van der Waals surface area contributed by atoms with Gasteiger partial charge in [0.2, 0.25) is 11.8 Å². The second-order valence-electron chi connectivity index (χ2n) is 7.61. The highest BCUT2D eigenvalue weighted by atomic mass is 32.2. The number of nitrogens with zero attached hydrogens (tertiary/aromatic N) is 2. The van der Waals surface area contributed by atoms with Crippen molar-refractivity contribution in [3.63, 3.8) is 0 Å². The SMILES string of the molecule is CS[C@@]1(C(=O)Nc2ccc3[nH]nc(-c4ccc(OC5CC5)nc4)c3c2)CCNC1. The van der Waals surface area contributed by atoms with Crippen LogP contribution in [0.25, 0.3) is 22.2 Å². The number of nitrogens with one attached hydrogen (secondary N) is 3. The minimum Gasteiger partial charge on any atom is -0.474 e. The van der Waals surface area contributed by atoms with Crippen molar-refractivity contribution in [3.8, 4) is 17.1 Å². The quantitative estimate of drug-likeness (QED) is 0.579. The Hall–Kier alpha value is -2.58. The summed E-state index contributed by atoms with van der Waals surface area (Å²) in [5.74, 6) is 0.694. The van der Waals surface area contributed by atoms with Crippen molar-refractivity contribution in [3.05, 3.63) is 36.5 Å². The number of rotatable bonds is 6. The lowest BCUT2D eigenvalue weighted by molar-refractivity contribution is -0.118. The van der Waals surface area contributed by atoms with Gasteiger partial charge in [0.1, 0.15) is 16.5 Å². The second kappa shape index (κ2) is 7.35. The molecule has 0 unspecified atom stereocenters. The number of fused-ring (bicyclic) bond motifs is 1. The standard InChI is InChI=1S/C21H23N5O2S/c1-29-21(8-9-22-12-21)20(27)24-14-3-6-17-16(10-14)19(26-25-17)13-2-7-18(23-11-13)28-15-4-5-15/h2-3,6-7,10-11,15,22H,4-5,8-9,12H2,1H3,(H,24,27)(H,25,26)/t21-/m0/s1. The van der Waals surface area contributed by atoms with Gasteiger partial charge in [-0.3, -0.25) is 9.89 Å². The Labute approximate surface area is 173 Å². The molecule has 5 rings (SSSR count). The summed E-state index contributed by atoms with van der Waals surface area (Å²) < 4.78 is 5.32. The summed E-state index contributed by atoms with van der Waals surface area (Å²) in [4.78, 5) is 17.3. The van der Waals surface area contributed by atoms with Crippen molar-refractivity contribution in [2.24, 2.45) is 0 Å². The molecular formula is C21H23N5O2S. The lowest BCUT2D eigenvalue weighted by Crippen LogP contribution is -2.41. The summed E-state index contributed by atoms with van der Waals surface area (Å²) in [5, 5.41) is 14.9. The summed E-state index contributed by atoms with van der Waals surface area (Å²) in [7, 11) is 0. The van der Waals surface area contributed by atoms with Gasteiger partial charge in [0.25, 0.3) is 0 Å². The molecule has 1 aliphatic heterocycles. The van der Waals surface area contributed by atoms with E-state index in [1.54, 1.807) is 18.0 Å². The number of anilines is 1. The zero-order valence-corrected chi connectivity index (χ0v) is 17.0. The van der Waals surface area contributed by atoms with Crippen LogP contribution in [0.1, 0.15) is 19.3 Å². The molecule has 0 bridgehead atoms. The van der Waals surface area contributed by atoms with Crippen LogP contribution in [0, 0.1) is 0 Å². The lowest BCUT2D eigenvalue weighted by Gasteiger charge is -2.24. The zero-order valence-electron chi connectivity index (χ0n) is 16.2. The highest BCUT2D eigenvalue weighted by Gasteiger charge is 2.40. The predicted octanol–water partition coefficient (Wildman–Crippen LogP) is 3.20. The molecule has 2 aromatic heterocycles. The summed E-state index contributed by atoms with van der Waals surface area (Å²) in [5.41, 5.74) is 3.40. The third-order valence-corrected chi connectivity index (χ3v) is 6.88. The van der Waals surface area contributed by atoms with Gasteiger partial charge in [0, 0.05) is 35.4 Å². The number of aromatic nitrogens is 3. The van der Waals surface area contributed by atoms with Gasteiger partial charge in [0.05, 0.1) is 5.52 Å². The maximum Gasteiger partial charge on any atom is 0.241 e. The van der Waals surface area contributed by atoms with E-state index in [1.807, 2.05) is 36.6 Å². The first kappa shape index (κ1) is 18.4. The van der Waals surface area contributed by atoms with Crippen molar-refractivity contribution in [2.45, 2.75) is 30.1 Å². The fraction of sp³-hybridized carbons (Fsp3) is 0.381. The van der Waals surface area contributed by atoms with Crippen molar-refractivity contribution < 1.29 is 9.53 Å². The number of carbonyl (C=O) groups excluding carboxylic acids is 1. The van der Waals surface area contributed by atoms with Gasteiger partial charge in [-0.15, -0.1) is 11.8 Å². The first-order valence-corrected chi connectivity index (χ1v) is 11.1. The maximum atomic E-state index is 12.9. The minimum absolute atomic E-state index is 0.0441. The third kappa shape index (κ3) is 3.58. The van der Waals surface area contributed by atoms with E-state index in [1.165, 1.54) is 0 Å². The van der Waals surface area contributed by atoms with Gasteiger partial charge in [-0.1, -0.05) is 0 Å². The number of carbonyl (C=O) groups is 1. The fourth-order valence-electron chi connectivity index (χ4n) is 3.63. The molecule has 1 aromatic carbocycles. The van der Waals surface area contributed by atoms with Gasteiger partial charge in [0.15, 0.2) is 0 Å². The molecule has 3 aromatic rings. The minimum atomic E-state index is -0.407. The smallest absolute Gasteiger partial charge is 0.241 e. The summed E-state index contributed by atoms with van der Waals surface area (Å²) in [6.45, 7) is 1.56. The van der Waals surface area contributed by atoms with Crippen LogP contribution in [0.3, 0.4) is 0 Å². The Morgan fingerprint density at radius 2 is 2.21 bits per heavy atom. The number of benzene rings is 1. The highest BCUT2D eigenvalue weighted by molar-refractivity contribution is 8.00. The summed E-state index contributed by atoms with van der Waals surface area (Å²) >= 11 is 1.61. The van der Waals surface area contributed by atoms with Gasteiger partial charge < -0.3 is 15.4 Å². The molecular weight excluding hydrogens is 386 g/mol. The van der Waals surface area contributed by atoms with Gasteiger partial charge in [-0.25, -0.2) is 4.98 Å². The van der Waals surface area contributed by atoms with Crippen molar-refractivity contribution >= 4 is 34.3 Å². The van der Waals surface area contributed by atoms with Crippen LogP contribution in [0.5, 0.6) is 5.88 Å². The normalized spacial score (nSPS) is 21.4. The molecule has 0 radical (unpaired) electrons. The monoisotopic (exact) mass is 409 g/mol. The van der Waals surface area contributed by atoms with Crippen molar-refractivity contribution in [1.82, 2.24) is 20.5 Å². The molecule has 150 valence electrons. The number of hydrogen-bond acceptors (Lipinski definition) is 6. The molecule has 1 saturated heterocycles. The van der Waals surface area contributed by atoms with Crippen LogP contribution in [0.4, 0.5) is 5.69 Å². The maximum absolute atomic E-state index is 12.9. The van der Waals surface area contributed by atoms with E-state index >= 15 is 0 Å². The topological polar surface area (TPSA) is 91.9 Å². The summed E-state index contributed by atoms with van der Waals surface area (Å²) in [6.07, 6.45) is 7.15. The molecule has 29 heavy (non-hydrogen) atoms. The average Bonchev–Trinajstić information content (AvgIpc) is 3.26. The van der Waals surface area contributed by atoms with E-state index in [-0.39, 0.29) is 5.91 Å². The molecule has 1 saturated carbocycles. The van der Waals surface area contributed by atoms with Crippen molar-refractivity contribution in [1.29, 1.82) is 0 Å². The van der Waals surface area contributed by atoms with Gasteiger partial charge in [-0.05, 0) is 56.3 Å². The van der Waals surface area contributed by atoms with E-state index in [0.717, 1.165) is 53.7 Å². The molecule has 7 nitrogen and oxygen atoms in total. The van der Waals surface area contributed by atoms with Gasteiger partial charge in [-0.2, -0.15) is 5.10 Å². The number of H-pyrrole nitrogens is 1. The predicted molar refractivity (Wildman–Crippen MR) is 115 cm³/mol. The Morgan fingerprint density at radius 1 is 1.31 bits per heavy atom. The molecule has 1 amide bonds. The third-order valence-electron chi connectivity index (χ3n) is 5.56. The van der Waals surface area contributed by atoms with E-state index in [2.05, 4.69) is 25.8 Å². The van der Waals surface area contributed by atoms with E-state index in [0.29, 0.717) is 18.5 Å². The first-order chi connectivity index (χ1) is 14.2. The number of hydrogen-bond donors (Lipinski definition) is 3. The van der Waals surface area contributed by atoms with Crippen LogP contribution in [0.2, 0.25) is 0 Å². The average molecular weight is 410 g/mol. The zero-order chi connectivity index (χ0) is 19.8. The molecule has 1 atom stereocenters.